The molecule has 0 spiro atoms. The maximum absolute atomic E-state index is 13.4. The van der Waals surface area contributed by atoms with Gasteiger partial charge in [-0.05, 0) is 24.3 Å². The molecule has 0 bridgehead atoms. The molecular formula is C13H9F3N2O3. The molecule has 2 aromatic rings. The molecule has 0 aliphatic carbocycles. The van der Waals surface area contributed by atoms with E-state index in [9.17, 15) is 22.8 Å². The van der Waals surface area contributed by atoms with Gasteiger partial charge in [0.25, 0.3) is 0 Å². The second-order valence-corrected chi connectivity index (χ2v) is 4.10. The number of aromatic carboxylic acids is 1. The number of carbonyl (C=O) groups excluding carboxylic acids is 1. The Kier molecular flexibility index (Phi) is 3.97. The molecule has 110 valence electrons. The lowest BCUT2D eigenvalue weighted by Gasteiger charge is -2.09. The molecule has 21 heavy (non-hydrogen) atoms. The minimum atomic E-state index is -1.69. The second-order valence-electron chi connectivity index (χ2n) is 4.10. The van der Waals surface area contributed by atoms with Crippen LogP contribution in [0.2, 0.25) is 0 Å². The molecular weight excluding hydrogens is 289 g/mol. The van der Waals surface area contributed by atoms with Gasteiger partial charge < -0.3 is 15.0 Å². The van der Waals surface area contributed by atoms with E-state index in [0.29, 0.717) is 6.07 Å². The van der Waals surface area contributed by atoms with Crippen molar-refractivity contribution < 1.29 is 27.9 Å². The van der Waals surface area contributed by atoms with Gasteiger partial charge in [-0.15, -0.1) is 0 Å². The SMILES string of the molecule is O=C(Cn1cccc1C(=O)O)Nc1ccc(F)c(F)c1F. The number of carbonyl (C=O) groups is 2. The summed E-state index contributed by atoms with van der Waals surface area (Å²) in [5.74, 6) is -6.59. The highest BCUT2D eigenvalue weighted by Crippen LogP contribution is 2.19. The molecule has 0 fully saturated rings. The van der Waals surface area contributed by atoms with Crippen LogP contribution in [0.1, 0.15) is 10.5 Å². The molecule has 1 aromatic carbocycles. The third-order valence-electron chi connectivity index (χ3n) is 2.67. The number of aromatic nitrogens is 1. The van der Waals surface area contributed by atoms with Crippen molar-refractivity contribution in [1.82, 2.24) is 4.57 Å². The van der Waals surface area contributed by atoms with E-state index in [1.54, 1.807) is 0 Å². The van der Waals surface area contributed by atoms with Gasteiger partial charge >= 0.3 is 5.97 Å². The number of carboxylic acids is 1. The van der Waals surface area contributed by atoms with Crippen LogP contribution >= 0.6 is 0 Å². The van der Waals surface area contributed by atoms with E-state index in [1.807, 2.05) is 5.32 Å². The van der Waals surface area contributed by atoms with Crippen molar-refractivity contribution in [3.8, 4) is 0 Å². The summed E-state index contributed by atoms with van der Waals surface area (Å²) in [6.45, 7) is -0.410. The molecule has 0 aliphatic heterocycles. The van der Waals surface area contributed by atoms with E-state index < -0.39 is 41.6 Å². The number of anilines is 1. The summed E-state index contributed by atoms with van der Waals surface area (Å²) in [6.07, 6.45) is 1.35. The smallest absolute Gasteiger partial charge is 0.352 e. The van der Waals surface area contributed by atoms with Crippen molar-refractivity contribution in [2.75, 3.05) is 5.32 Å². The first-order chi connectivity index (χ1) is 9.90. The summed E-state index contributed by atoms with van der Waals surface area (Å²) >= 11 is 0. The van der Waals surface area contributed by atoms with Crippen LogP contribution in [0, 0.1) is 17.5 Å². The number of benzene rings is 1. The van der Waals surface area contributed by atoms with Crippen LogP contribution in [0.3, 0.4) is 0 Å². The molecule has 1 heterocycles. The maximum Gasteiger partial charge on any atom is 0.352 e. The molecule has 0 saturated heterocycles. The molecule has 0 unspecified atom stereocenters. The van der Waals surface area contributed by atoms with Gasteiger partial charge in [0, 0.05) is 6.20 Å². The molecule has 2 N–H and O–H groups in total. The Morgan fingerprint density at radius 3 is 2.52 bits per heavy atom. The van der Waals surface area contributed by atoms with Gasteiger partial charge in [0.15, 0.2) is 17.5 Å². The van der Waals surface area contributed by atoms with Crippen molar-refractivity contribution in [2.45, 2.75) is 6.54 Å². The first-order valence-electron chi connectivity index (χ1n) is 5.72. The highest BCUT2D eigenvalue weighted by Gasteiger charge is 2.16. The first-order valence-corrected chi connectivity index (χ1v) is 5.72. The van der Waals surface area contributed by atoms with E-state index in [2.05, 4.69) is 0 Å². The molecule has 2 rings (SSSR count). The van der Waals surface area contributed by atoms with E-state index >= 15 is 0 Å². The van der Waals surface area contributed by atoms with Crippen molar-refractivity contribution in [3.63, 3.8) is 0 Å². The number of halogens is 3. The zero-order valence-corrected chi connectivity index (χ0v) is 10.4. The van der Waals surface area contributed by atoms with Crippen LogP contribution < -0.4 is 5.32 Å². The average Bonchev–Trinajstić information content (AvgIpc) is 2.88. The molecule has 0 aliphatic rings. The lowest BCUT2D eigenvalue weighted by molar-refractivity contribution is -0.116. The lowest BCUT2D eigenvalue weighted by atomic mass is 10.2. The number of amides is 1. The normalized spacial score (nSPS) is 10.4. The van der Waals surface area contributed by atoms with E-state index in [4.69, 9.17) is 5.11 Å². The third kappa shape index (κ3) is 3.04. The minimum absolute atomic E-state index is 0.129. The van der Waals surface area contributed by atoms with Crippen LogP contribution in [-0.2, 0) is 11.3 Å². The van der Waals surface area contributed by atoms with E-state index in [0.717, 1.165) is 10.6 Å². The zero-order chi connectivity index (χ0) is 15.6. The highest BCUT2D eigenvalue weighted by molar-refractivity contribution is 5.92. The fourth-order valence-electron chi connectivity index (χ4n) is 1.71. The summed E-state index contributed by atoms with van der Waals surface area (Å²) in [6, 6.07) is 4.26. The molecule has 0 saturated carbocycles. The van der Waals surface area contributed by atoms with E-state index in [-0.39, 0.29) is 5.69 Å². The van der Waals surface area contributed by atoms with Crippen LogP contribution in [0.5, 0.6) is 0 Å². The fraction of sp³-hybridized carbons (Fsp3) is 0.0769. The largest absolute Gasteiger partial charge is 0.477 e. The predicted molar refractivity (Wildman–Crippen MR) is 66.3 cm³/mol. The Morgan fingerprint density at radius 2 is 1.86 bits per heavy atom. The summed E-state index contributed by atoms with van der Waals surface area (Å²) in [5.41, 5.74) is -0.654. The Bertz CT molecular complexity index is 713. The van der Waals surface area contributed by atoms with Gasteiger partial charge in [-0.3, -0.25) is 4.79 Å². The van der Waals surface area contributed by atoms with Crippen LogP contribution in [-0.4, -0.2) is 21.6 Å². The first kappa shape index (κ1) is 14.6. The molecule has 1 amide bonds. The number of nitrogens with one attached hydrogen (secondary N) is 1. The lowest BCUT2D eigenvalue weighted by Crippen LogP contribution is -2.21. The molecule has 1 aromatic heterocycles. The van der Waals surface area contributed by atoms with Gasteiger partial charge in [0.05, 0.1) is 5.69 Å². The van der Waals surface area contributed by atoms with Crippen molar-refractivity contribution in [2.24, 2.45) is 0 Å². The van der Waals surface area contributed by atoms with E-state index in [1.165, 1.54) is 18.3 Å². The number of nitrogens with zero attached hydrogens (tertiary/aromatic N) is 1. The van der Waals surface area contributed by atoms with Gasteiger partial charge in [0.1, 0.15) is 12.2 Å². The second kappa shape index (κ2) is 5.70. The molecule has 0 radical (unpaired) electrons. The Hall–Kier alpha value is -2.77. The van der Waals surface area contributed by atoms with Crippen LogP contribution in [0.15, 0.2) is 30.5 Å². The summed E-state index contributed by atoms with van der Waals surface area (Å²) < 4.78 is 40.3. The standard InChI is InChI=1S/C13H9F3N2O3/c14-7-3-4-8(12(16)11(7)15)17-10(19)6-18-5-1-2-9(18)13(20)21/h1-5H,6H2,(H,17,19)(H,20,21). The Morgan fingerprint density at radius 1 is 1.14 bits per heavy atom. The van der Waals surface area contributed by atoms with Gasteiger partial charge in [-0.2, -0.15) is 0 Å². The number of rotatable bonds is 4. The van der Waals surface area contributed by atoms with Crippen molar-refractivity contribution in [1.29, 1.82) is 0 Å². The summed E-state index contributed by atoms with van der Waals surface area (Å²) in [5, 5.41) is 10.9. The highest BCUT2D eigenvalue weighted by atomic mass is 19.2. The monoisotopic (exact) mass is 298 g/mol. The fourth-order valence-corrected chi connectivity index (χ4v) is 1.71. The molecule has 8 heteroatoms. The quantitative estimate of drug-likeness (QED) is 0.850. The Labute approximate surface area is 116 Å². The van der Waals surface area contributed by atoms with Gasteiger partial charge in [-0.25, -0.2) is 18.0 Å². The number of carboxylic acid groups (broad SMARTS) is 1. The number of hydrogen-bond acceptors (Lipinski definition) is 2. The van der Waals surface area contributed by atoms with Crippen molar-refractivity contribution >= 4 is 17.6 Å². The van der Waals surface area contributed by atoms with Gasteiger partial charge in [-0.1, -0.05) is 0 Å². The third-order valence-corrected chi connectivity index (χ3v) is 2.67. The summed E-state index contributed by atoms with van der Waals surface area (Å²) in [4.78, 5) is 22.6. The van der Waals surface area contributed by atoms with Crippen molar-refractivity contribution in [3.05, 3.63) is 53.6 Å². The summed E-state index contributed by atoms with van der Waals surface area (Å²) in [7, 11) is 0. The number of hydrogen-bond donors (Lipinski definition) is 2. The minimum Gasteiger partial charge on any atom is -0.477 e. The predicted octanol–water partition coefficient (Wildman–Crippen LogP) is 2.24. The molecule has 5 nitrogen and oxygen atoms in total. The van der Waals surface area contributed by atoms with Crippen LogP contribution in [0.4, 0.5) is 18.9 Å². The maximum atomic E-state index is 13.4. The van der Waals surface area contributed by atoms with Gasteiger partial charge in [0.2, 0.25) is 5.91 Å². The molecule has 0 atom stereocenters. The average molecular weight is 298 g/mol. The zero-order valence-electron chi connectivity index (χ0n) is 10.4. The topological polar surface area (TPSA) is 71.3 Å². The Balaban J connectivity index is 2.14. The van der Waals surface area contributed by atoms with Crippen LogP contribution in [0.25, 0.3) is 0 Å².